The van der Waals surface area contributed by atoms with Crippen LogP contribution in [0.3, 0.4) is 0 Å². The number of carbonyl (C=O) groups excluding carboxylic acids is 1. The molecule has 128 valence electrons. The highest BCUT2D eigenvalue weighted by Crippen LogP contribution is 2.25. The third kappa shape index (κ3) is 3.68. The average molecular weight is 338 g/mol. The number of ether oxygens (including phenoxy) is 1. The van der Waals surface area contributed by atoms with E-state index in [0.29, 0.717) is 5.89 Å². The van der Waals surface area contributed by atoms with E-state index in [1.807, 2.05) is 38.1 Å². The largest absolute Gasteiger partial charge is 0.507 e. The molecule has 0 fully saturated rings. The summed E-state index contributed by atoms with van der Waals surface area (Å²) in [5.41, 5.74) is 2.86. The van der Waals surface area contributed by atoms with Crippen molar-refractivity contribution >= 4 is 5.97 Å². The number of benzene rings is 2. The van der Waals surface area contributed by atoms with Gasteiger partial charge in [-0.2, -0.15) is 0 Å². The number of esters is 1. The van der Waals surface area contributed by atoms with Crippen molar-refractivity contribution in [3.05, 3.63) is 65.0 Å². The average Bonchev–Trinajstić information content (AvgIpc) is 3.05. The Morgan fingerprint density at radius 1 is 1.08 bits per heavy atom. The predicted octanol–water partition coefficient (Wildman–Crippen LogP) is 3.98. The summed E-state index contributed by atoms with van der Waals surface area (Å²) < 4.78 is 10.9. The van der Waals surface area contributed by atoms with E-state index in [0.717, 1.165) is 16.7 Å². The van der Waals surface area contributed by atoms with Gasteiger partial charge in [-0.25, -0.2) is 4.79 Å². The van der Waals surface area contributed by atoms with E-state index >= 15 is 0 Å². The number of hydrogen-bond acceptors (Lipinski definition) is 6. The molecule has 3 aromatic rings. The van der Waals surface area contributed by atoms with E-state index in [9.17, 15) is 9.90 Å². The summed E-state index contributed by atoms with van der Waals surface area (Å²) in [4.78, 5) is 12.2. The Morgan fingerprint density at radius 2 is 1.76 bits per heavy atom. The summed E-state index contributed by atoms with van der Waals surface area (Å²) in [5.74, 6) is -0.227. The van der Waals surface area contributed by atoms with Crippen LogP contribution in [0.4, 0.5) is 0 Å². The third-order valence-corrected chi connectivity index (χ3v) is 3.74. The van der Waals surface area contributed by atoms with Crippen molar-refractivity contribution in [1.29, 1.82) is 0 Å². The fourth-order valence-electron chi connectivity index (χ4n) is 2.30. The Balaban J connectivity index is 1.74. The number of aromatic nitrogens is 2. The molecule has 0 aliphatic carbocycles. The molecule has 1 N–H and O–H groups in total. The summed E-state index contributed by atoms with van der Waals surface area (Å²) in [7, 11) is 0. The molecule has 1 aromatic heterocycles. The van der Waals surface area contributed by atoms with Gasteiger partial charge in [-0.15, -0.1) is 10.2 Å². The Morgan fingerprint density at radius 3 is 2.44 bits per heavy atom. The summed E-state index contributed by atoms with van der Waals surface area (Å²) in [6.45, 7) is 5.45. The number of nitrogens with zero attached hydrogens (tertiary/aromatic N) is 2. The van der Waals surface area contributed by atoms with Crippen LogP contribution in [0.1, 0.15) is 40.4 Å². The van der Waals surface area contributed by atoms with Crippen LogP contribution < -0.4 is 0 Å². The number of aryl methyl sites for hydroxylation is 2. The molecule has 0 amide bonds. The topological polar surface area (TPSA) is 85.5 Å². The van der Waals surface area contributed by atoms with Gasteiger partial charge in [0.1, 0.15) is 11.3 Å². The Kier molecular flexibility index (Phi) is 4.52. The maximum absolute atomic E-state index is 12.2. The summed E-state index contributed by atoms with van der Waals surface area (Å²) in [6, 6.07) is 12.4. The van der Waals surface area contributed by atoms with Crippen LogP contribution in [0.5, 0.6) is 5.75 Å². The van der Waals surface area contributed by atoms with Crippen LogP contribution in [0.25, 0.3) is 11.5 Å². The molecule has 0 bridgehead atoms. The second kappa shape index (κ2) is 6.76. The van der Waals surface area contributed by atoms with Crippen LogP contribution in [0.2, 0.25) is 0 Å². The molecule has 0 unspecified atom stereocenters. The van der Waals surface area contributed by atoms with E-state index in [-0.39, 0.29) is 17.2 Å². The number of phenolic OH excluding ortho intramolecular Hbond substituents is 1. The summed E-state index contributed by atoms with van der Waals surface area (Å²) >= 11 is 0. The number of rotatable bonds is 4. The summed E-state index contributed by atoms with van der Waals surface area (Å²) in [6.07, 6.45) is -0.736. The minimum absolute atomic E-state index is 0.0933. The van der Waals surface area contributed by atoms with Gasteiger partial charge in [-0.05, 0) is 50.6 Å². The molecular formula is C19H18N2O4. The molecule has 0 aliphatic rings. The molecule has 25 heavy (non-hydrogen) atoms. The number of aromatic hydroxyl groups is 1. The van der Waals surface area contributed by atoms with E-state index in [4.69, 9.17) is 9.15 Å². The Labute approximate surface area is 145 Å². The van der Waals surface area contributed by atoms with E-state index < -0.39 is 12.1 Å². The molecule has 2 aromatic carbocycles. The van der Waals surface area contributed by atoms with Crippen LogP contribution in [0.15, 0.2) is 46.9 Å². The van der Waals surface area contributed by atoms with Crippen molar-refractivity contribution in [2.75, 3.05) is 0 Å². The van der Waals surface area contributed by atoms with Crippen molar-refractivity contribution in [3.63, 3.8) is 0 Å². The minimum atomic E-state index is -0.736. The molecule has 0 spiro atoms. The number of phenols is 1. The maximum atomic E-state index is 12.2. The van der Waals surface area contributed by atoms with Gasteiger partial charge in [-0.3, -0.25) is 0 Å². The van der Waals surface area contributed by atoms with Crippen LogP contribution in [0, 0.1) is 13.8 Å². The second-order valence-corrected chi connectivity index (χ2v) is 5.88. The lowest BCUT2D eigenvalue weighted by Crippen LogP contribution is -2.10. The fraction of sp³-hybridized carbons (Fsp3) is 0.211. The second-order valence-electron chi connectivity index (χ2n) is 5.88. The highest BCUT2D eigenvalue weighted by atomic mass is 16.6. The highest BCUT2D eigenvalue weighted by Gasteiger charge is 2.21. The third-order valence-electron chi connectivity index (χ3n) is 3.74. The van der Waals surface area contributed by atoms with E-state index in [2.05, 4.69) is 10.2 Å². The monoisotopic (exact) mass is 338 g/mol. The van der Waals surface area contributed by atoms with Crippen molar-refractivity contribution in [3.8, 4) is 17.2 Å². The molecule has 1 heterocycles. The van der Waals surface area contributed by atoms with Gasteiger partial charge in [0.15, 0.2) is 6.10 Å². The van der Waals surface area contributed by atoms with Crippen LogP contribution in [-0.4, -0.2) is 21.3 Å². The Hall–Kier alpha value is -3.15. The van der Waals surface area contributed by atoms with Gasteiger partial charge in [0, 0.05) is 5.56 Å². The molecule has 6 nitrogen and oxygen atoms in total. The smallest absolute Gasteiger partial charge is 0.342 e. The predicted molar refractivity (Wildman–Crippen MR) is 91.1 cm³/mol. The zero-order valence-electron chi connectivity index (χ0n) is 14.2. The lowest BCUT2D eigenvalue weighted by atomic mass is 10.1. The van der Waals surface area contributed by atoms with Gasteiger partial charge < -0.3 is 14.3 Å². The molecule has 3 rings (SSSR count). The summed E-state index contributed by atoms with van der Waals surface area (Å²) in [5, 5.41) is 17.8. The maximum Gasteiger partial charge on any atom is 0.342 e. The van der Waals surface area contributed by atoms with Crippen molar-refractivity contribution < 1.29 is 19.1 Å². The van der Waals surface area contributed by atoms with Gasteiger partial charge in [0.2, 0.25) is 5.89 Å². The molecule has 0 saturated carbocycles. The lowest BCUT2D eigenvalue weighted by Gasteiger charge is -2.10. The minimum Gasteiger partial charge on any atom is -0.507 e. The van der Waals surface area contributed by atoms with Crippen molar-refractivity contribution in [2.24, 2.45) is 0 Å². The standard InChI is InChI=1S/C19H18N2O4/c1-11-4-7-14(8-5-11)18-21-20-17(25-18)13(3)24-19(23)15-9-6-12(2)10-16(15)22/h4-10,13,22H,1-3H3/t13-/m0/s1. The zero-order chi connectivity index (χ0) is 18.0. The fourth-order valence-corrected chi connectivity index (χ4v) is 2.30. The first-order chi connectivity index (χ1) is 11.9. The first-order valence-corrected chi connectivity index (χ1v) is 7.85. The molecule has 0 saturated heterocycles. The van der Waals surface area contributed by atoms with Crippen molar-refractivity contribution in [2.45, 2.75) is 26.9 Å². The molecule has 0 radical (unpaired) electrons. The lowest BCUT2D eigenvalue weighted by molar-refractivity contribution is 0.0277. The highest BCUT2D eigenvalue weighted by molar-refractivity contribution is 5.92. The van der Waals surface area contributed by atoms with E-state index in [1.54, 1.807) is 13.0 Å². The van der Waals surface area contributed by atoms with Gasteiger partial charge in [0.25, 0.3) is 5.89 Å². The van der Waals surface area contributed by atoms with Crippen LogP contribution >= 0.6 is 0 Å². The molecule has 1 atom stereocenters. The van der Waals surface area contributed by atoms with Gasteiger partial charge >= 0.3 is 5.97 Å². The zero-order valence-corrected chi connectivity index (χ0v) is 14.2. The number of hydrogen-bond donors (Lipinski definition) is 1. The van der Waals surface area contributed by atoms with E-state index in [1.165, 1.54) is 12.1 Å². The molecular weight excluding hydrogens is 320 g/mol. The molecule has 0 aliphatic heterocycles. The van der Waals surface area contributed by atoms with Gasteiger partial charge in [0.05, 0.1) is 0 Å². The first-order valence-electron chi connectivity index (χ1n) is 7.85. The van der Waals surface area contributed by atoms with Crippen molar-refractivity contribution in [1.82, 2.24) is 10.2 Å². The number of carbonyl (C=O) groups is 1. The van der Waals surface area contributed by atoms with Crippen LogP contribution in [-0.2, 0) is 4.74 Å². The Bertz CT molecular complexity index is 900. The normalized spacial score (nSPS) is 12.0. The molecule has 6 heteroatoms. The quantitative estimate of drug-likeness (QED) is 0.724. The van der Waals surface area contributed by atoms with Gasteiger partial charge in [-0.1, -0.05) is 23.8 Å². The first kappa shape index (κ1) is 16.7. The SMILES string of the molecule is Cc1ccc(-c2nnc([C@H](C)OC(=O)c3ccc(C)cc3O)o2)cc1.